The van der Waals surface area contributed by atoms with Crippen LogP contribution in [-0.4, -0.2) is 5.52 Å². The first-order valence-electron chi connectivity index (χ1n) is 10.3. The summed E-state index contributed by atoms with van der Waals surface area (Å²) < 4.78 is 13.7. The first-order chi connectivity index (χ1) is 15.0. The molecule has 0 bridgehead atoms. The van der Waals surface area contributed by atoms with Crippen LogP contribution in [0.25, 0.3) is 22.3 Å². The molecule has 0 N–H and O–H groups in total. The van der Waals surface area contributed by atoms with Gasteiger partial charge in [0.2, 0.25) is 5.52 Å². The van der Waals surface area contributed by atoms with Gasteiger partial charge in [0.25, 0.3) is 0 Å². The van der Waals surface area contributed by atoms with Gasteiger partial charge in [-0.2, -0.15) is 0 Å². The Hall–Kier alpha value is -3.35. The number of carbonyl (C=O) groups is 1. The predicted molar refractivity (Wildman–Crippen MR) is 130 cm³/mol. The van der Waals surface area contributed by atoms with E-state index in [1.54, 1.807) is 0 Å². The number of carbonyl (C=O) groups excluding carboxylic acids is 1. The molecule has 31 heavy (non-hydrogen) atoms. The van der Waals surface area contributed by atoms with Gasteiger partial charge >= 0.3 is 0 Å². The van der Waals surface area contributed by atoms with Crippen molar-refractivity contribution in [2.24, 2.45) is 0 Å². The summed E-state index contributed by atoms with van der Waals surface area (Å²) in [6, 6.07) is 29.6. The lowest BCUT2D eigenvalue weighted by molar-refractivity contribution is 0.107. The van der Waals surface area contributed by atoms with Crippen LogP contribution in [0, 0.1) is 20.8 Å². The minimum Gasteiger partial charge on any atom is -0.281 e. The molecule has 0 aliphatic carbocycles. The minimum absolute atomic E-state index is 0.313. The number of hydrogen-bond acceptors (Lipinski definition) is 2. The van der Waals surface area contributed by atoms with E-state index in [0.717, 1.165) is 38.9 Å². The zero-order valence-electron chi connectivity index (χ0n) is 17.9. The highest BCUT2D eigenvalue weighted by Gasteiger charge is 2.25. The molecule has 1 unspecified atom stereocenters. The van der Waals surface area contributed by atoms with Gasteiger partial charge in [0.05, 0.1) is 0 Å². The molecule has 153 valence electrons. The number of rotatable bonds is 5. The fraction of sp³-hybridized carbons (Fsp3) is 0.107. The highest BCUT2D eigenvalue weighted by molar-refractivity contribution is 7.71. The quantitative estimate of drug-likeness (QED) is 0.317. The maximum Gasteiger partial charge on any atom is 0.247 e. The van der Waals surface area contributed by atoms with Crippen LogP contribution in [0.4, 0.5) is 0 Å². The molecule has 3 heteroatoms. The Morgan fingerprint density at radius 3 is 1.81 bits per heavy atom. The van der Waals surface area contributed by atoms with Gasteiger partial charge in [-0.25, -0.2) is 0 Å². The summed E-state index contributed by atoms with van der Waals surface area (Å²) in [5.74, 6) is 0. The standard InChI is InChI=1S/C28H24O2P/c1-19-17-20(2)26(21(3)18-19)28(29)31(30)25-16-10-15-24(22-11-6-4-7-12-22)27(25)23-13-8-5-9-14-23/h4-18H,1-3H3. The second kappa shape index (κ2) is 8.79. The molecule has 1 atom stereocenters. The van der Waals surface area contributed by atoms with Crippen LogP contribution in [0.1, 0.15) is 27.0 Å². The van der Waals surface area contributed by atoms with Crippen molar-refractivity contribution in [3.8, 4) is 22.3 Å². The third-order valence-electron chi connectivity index (χ3n) is 5.48. The Labute approximate surface area is 184 Å². The lowest BCUT2D eigenvalue weighted by Crippen LogP contribution is -2.11. The molecule has 4 aromatic carbocycles. The van der Waals surface area contributed by atoms with E-state index >= 15 is 0 Å². The Morgan fingerprint density at radius 2 is 1.23 bits per heavy atom. The topological polar surface area (TPSA) is 34.1 Å². The normalized spacial score (nSPS) is 11.3. The average Bonchev–Trinajstić information content (AvgIpc) is 2.78. The van der Waals surface area contributed by atoms with Crippen molar-refractivity contribution in [3.63, 3.8) is 0 Å². The Balaban J connectivity index is 1.91. The van der Waals surface area contributed by atoms with Crippen LogP contribution >= 0.6 is 7.80 Å². The van der Waals surface area contributed by atoms with E-state index in [4.69, 9.17) is 0 Å². The van der Waals surface area contributed by atoms with Gasteiger partial charge in [-0.1, -0.05) is 90.5 Å². The van der Waals surface area contributed by atoms with Crippen LogP contribution in [0.2, 0.25) is 0 Å². The summed E-state index contributed by atoms with van der Waals surface area (Å²) in [6.07, 6.45) is 0. The zero-order valence-corrected chi connectivity index (χ0v) is 18.8. The first-order valence-corrected chi connectivity index (χ1v) is 11.6. The molecule has 0 heterocycles. The van der Waals surface area contributed by atoms with Crippen molar-refractivity contribution < 1.29 is 9.36 Å². The highest BCUT2D eigenvalue weighted by atomic mass is 31.1. The van der Waals surface area contributed by atoms with Gasteiger partial charge in [-0.15, -0.1) is 0 Å². The second-order valence-electron chi connectivity index (χ2n) is 7.80. The molecule has 0 aliphatic rings. The summed E-state index contributed by atoms with van der Waals surface area (Å²) in [5.41, 5.74) is 6.88. The summed E-state index contributed by atoms with van der Waals surface area (Å²) in [6.45, 7) is 5.83. The maximum atomic E-state index is 13.7. The molecule has 0 amide bonds. The number of hydrogen-bond donors (Lipinski definition) is 0. The molecule has 4 rings (SSSR count). The molecule has 1 radical (unpaired) electrons. The molecule has 0 aliphatic heterocycles. The van der Waals surface area contributed by atoms with Crippen LogP contribution in [0.5, 0.6) is 0 Å². The molecule has 2 nitrogen and oxygen atoms in total. The van der Waals surface area contributed by atoms with Gasteiger partial charge < -0.3 is 0 Å². The first kappa shape index (κ1) is 20.9. The Morgan fingerprint density at radius 1 is 0.677 bits per heavy atom. The Bertz CT molecular complexity index is 1250. The third-order valence-corrected chi connectivity index (χ3v) is 6.89. The maximum absolute atomic E-state index is 13.7. The summed E-state index contributed by atoms with van der Waals surface area (Å²) in [4.78, 5) is 13.4. The van der Waals surface area contributed by atoms with E-state index in [1.165, 1.54) is 0 Å². The average molecular weight is 423 g/mol. The SMILES string of the molecule is Cc1cc(C)c(C(=O)[P](=O)c2cccc(-c3ccccc3)c2-c2ccccc2)c(C)c1. The second-order valence-corrected chi connectivity index (χ2v) is 9.28. The fourth-order valence-electron chi connectivity index (χ4n) is 4.20. The van der Waals surface area contributed by atoms with Crippen LogP contribution < -0.4 is 5.30 Å². The van der Waals surface area contributed by atoms with Gasteiger partial charge in [0, 0.05) is 16.4 Å². The van der Waals surface area contributed by atoms with Crippen LogP contribution in [-0.2, 0) is 4.57 Å². The van der Waals surface area contributed by atoms with Crippen molar-refractivity contribution >= 4 is 18.6 Å². The molecule has 0 saturated carbocycles. The molecular weight excluding hydrogens is 399 g/mol. The lowest BCUT2D eigenvalue weighted by Gasteiger charge is -2.16. The number of benzene rings is 4. The smallest absolute Gasteiger partial charge is 0.247 e. The predicted octanol–water partition coefficient (Wildman–Crippen LogP) is 7.24. The van der Waals surface area contributed by atoms with Crippen molar-refractivity contribution in [1.82, 2.24) is 0 Å². The van der Waals surface area contributed by atoms with Gasteiger partial charge in [-0.3, -0.25) is 9.36 Å². The Kier molecular flexibility index (Phi) is 5.93. The zero-order chi connectivity index (χ0) is 22.0. The van der Waals surface area contributed by atoms with Crippen molar-refractivity contribution in [2.45, 2.75) is 20.8 Å². The summed E-state index contributed by atoms with van der Waals surface area (Å²) >= 11 is 0. The summed E-state index contributed by atoms with van der Waals surface area (Å²) in [7, 11) is -2.30. The largest absolute Gasteiger partial charge is 0.281 e. The molecule has 0 fully saturated rings. The molecule has 0 saturated heterocycles. The van der Waals surface area contributed by atoms with Crippen molar-refractivity contribution in [2.75, 3.05) is 0 Å². The van der Waals surface area contributed by atoms with E-state index in [0.29, 0.717) is 10.9 Å². The molecule has 0 spiro atoms. The lowest BCUT2D eigenvalue weighted by atomic mass is 9.94. The van der Waals surface area contributed by atoms with Crippen molar-refractivity contribution in [1.29, 1.82) is 0 Å². The van der Waals surface area contributed by atoms with E-state index in [2.05, 4.69) is 0 Å². The van der Waals surface area contributed by atoms with Crippen LogP contribution in [0.3, 0.4) is 0 Å². The highest BCUT2D eigenvalue weighted by Crippen LogP contribution is 2.38. The molecular formula is C28H24O2P. The van der Waals surface area contributed by atoms with E-state index in [1.807, 2.05) is 112 Å². The van der Waals surface area contributed by atoms with Gasteiger partial charge in [-0.05, 0) is 54.7 Å². The molecule has 4 aromatic rings. The van der Waals surface area contributed by atoms with E-state index in [-0.39, 0.29) is 5.52 Å². The monoisotopic (exact) mass is 423 g/mol. The van der Waals surface area contributed by atoms with Crippen molar-refractivity contribution in [3.05, 3.63) is 113 Å². The van der Waals surface area contributed by atoms with E-state index < -0.39 is 7.80 Å². The summed E-state index contributed by atoms with van der Waals surface area (Å²) in [5, 5.41) is 0.576. The van der Waals surface area contributed by atoms with Gasteiger partial charge in [0.1, 0.15) is 0 Å². The minimum atomic E-state index is -2.30. The number of aryl methyl sites for hydroxylation is 3. The molecule has 0 aromatic heterocycles. The van der Waals surface area contributed by atoms with Crippen LogP contribution in [0.15, 0.2) is 91.0 Å². The fourth-order valence-corrected chi connectivity index (χ4v) is 5.65. The third kappa shape index (κ3) is 4.13. The van der Waals surface area contributed by atoms with Gasteiger partial charge in [0.15, 0.2) is 7.80 Å². The van der Waals surface area contributed by atoms with E-state index in [9.17, 15) is 9.36 Å².